The largest absolute Gasteiger partial charge is 0.490 e. The first kappa shape index (κ1) is 18.8. The molecule has 138 valence electrons. The van der Waals surface area contributed by atoms with E-state index in [1.54, 1.807) is 11.8 Å². The molecule has 1 aliphatic rings. The third kappa shape index (κ3) is 5.78. The van der Waals surface area contributed by atoms with Gasteiger partial charge < -0.3 is 15.0 Å². The summed E-state index contributed by atoms with van der Waals surface area (Å²) in [7, 11) is 2.14. The number of ether oxygens (including phenoxy) is 1. The van der Waals surface area contributed by atoms with Crippen molar-refractivity contribution in [3.63, 3.8) is 0 Å². The van der Waals surface area contributed by atoms with Crippen molar-refractivity contribution in [2.24, 2.45) is 0 Å². The Balaban J connectivity index is 1.44. The van der Waals surface area contributed by atoms with Gasteiger partial charge in [0.1, 0.15) is 11.9 Å². The van der Waals surface area contributed by atoms with Crippen molar-refractivity contribution in [3.05, 3.63) is 54.1 Å². The van der Waals surface area contributed by atoms with Gasteiger partial charge in [0.05, 0.1) is 5.75 Å². The smallest absolute Gasteiger partial charge is 0.234 e. The fourth-order valence-corrected chi connectivity index (χ4v) is 3.59. The molecule has 26 heavy (non-hydrogen) atoms. The van der Waals surface area contributed by atoms with Gasteiger partial charge in [-0.3, -0.25) is 4.79 Å². The summed E-state index contributed by atoms with van der Waals surface area (Å²) in [5.41, 5.74) is 2.02. The molecule has 2 aromatic rings. The van der Waals surface area contributed by atoms with E-state index in [2.05, 4.69) is 36.3 Å². The molecule has 5 heteroatoms. The van der Waals surface area contributed by atoms with Crippen LogP contribution in [0, 0.1) is 6.92 Å². The fraction of sp³-hybridized carbons (Fsp3) is 0.381. The van der Waals surface area contributed by atoms with E-state index in [-0.39, 0.29) is 12.0 Å². The zero-order chi connectivity index (χ0) is 18.4. The fourth-order valence-electron chi connectivity index (χ4n) is 2.89. The van der Waals surface area contributed by atoms with Crippen LogP contribution in [0.3, 0.4) is 0 Å². The number of amides is 1. The van der Waals surface area contributed by atoms with E-state index in [9.17, 15) is 4.79 Å². The van der Waals surface area contributed by atoms with E-state index in [4.69, 9.17) is 4.74 Å². The summed E-state index contributed by atoms with van der Waals surface area (Å²) >= 11 is 1.54. The molecule has 1 saturated heterocycles. The number of carbonyl (C=O) groups is 1. The Bertz CT molecular complexity index is 708. The van der Waals surface area contributed by atoms with E-state index in [0.29, 0.717) is 5.75 Å². The molecule has 1 aliphatic heterocycles. The first-order valence-electron chi connectivity index (χ1n) is 9.03. The predicted molar refractivity (Wildman–Crippen MR) is 108 cm³/mol. The number of piperidine rings is 1. The molecular formula is C21H26N2O2S. The number of nitrogens with zero attached hydrogens (tertiary/aromatic N) is 1. The molecule has 4 nitrogen and oxygen atoms in total. The van der Waals surface area contributed by atoms with E-state index < -0.39 is 0 Å². The molecule has 0 spiro atoms. The lowest BCUT2D eigenvalue weighted by molar-refractivity contribution is -0.113. The van der Waals surface area contributed by atoms with Gasteiger partial charge in [-0.2, -0.15) is 0 Å². The first-order chi connectivity index (χ1) is 12.6. The average Bonchev–Trinajstić information content (AvgIpc) is 2.65. The van der Waals surface area contributed by atoms with Crippen molar-refractivity contribution in [2.75, 3.05) is 31.2 Å². The summed E-state index contributed by atoms with van der Waals surface area (Å²) in [6.07, 6.45) is 2.41. The maximum Gasteiger partial charge on any atom is 0.234 e. The third-order valence-corrected chi connectivity index (χ3v) is 5.51. The lowest BCUT2D eigenvalue weighted by Crippen LogP contribution is -2.35. The van der Waals surface area contributed by atoms with Crippen LogP contribution in [-0.2, 0) is 4.79 Å². The van der Waals surface area contributed by atoms with E-state index in [1.165, 1.54) is 5.56 Å². The summed E-state index contributed by atoms with van der Waals surface area (Å²) in [5.74, 6) is 1.27. The maximum atomic E-state index is 12.1. The third-order valence-electron chi connectivity index (χ3n) is 4.50. The highest BCUT2D eigenvalue weighted by molar-refractivity contribution is 8.00. The number of aryl methyl sites for hydroxylation is 1. The van der Waals surface area contributed by atoms with Crippen molar-refractivity contribution in [1.82, 2.24) is 4.90 Å². The minimum Gasteiger partial charge on any atom is -0.490 e. The number of hydrogen-bond acceptors (Lipinski definition) is 4. The zero-order valence-electron chi connectivity index (χ0n) is 15.4. The summed E-state index contributed by atoms with van der Waals surface area (Å²) in [4.78, 5) is 15.5. The van der Waals surface area contributed by atoms with Crippen molar-refractivity contribution < 1.29 is 9.53 Å². The monoisotopic (exact) mass is 370 g/mol. The van der Waals surface area contributed by atoms with Crippen LogP contribution in [0.15, 0.2) is 53.4 Å². The molecule has 0 unspecified atom stereocenters. The molecule has 1 N–H and O–H groups in total. The maximum absolute atomic E-state index is 12.1. The van der Waals surface area contributed by atoms with Crippen LogP contribution in [0.25, 0.3) is 0 Å². The minimum atomic E-state index is -0.000406. The number of anilines is 1. The van der Waals surface area contributed by atoms with Crippen molar-refractivity contribution >= 4 is 23.4 Å². The highest BCUT2D eigenvalue weighted by Crippen LogP contribution is 2.22. The van der Waals surface area contributed by atoms with Gasteiger partial charge >= 0.3 is 0 Å². The van der Waals surface area contributed by atoms with Crippen LogP contribution < -0.4 is 10.1 Å². The molecule has 1 fully saturated rings. The van der Waals surface area contributed by atoms with Crippen LogP contribution >= 0.6 is 11.8 Å². The van der Waals surface area contributed by atoms with Gasteiger partial charge in [-0.1, -0.05) is 17.7 Å². The van der Waals surface area contributed by atoms with Crippen molar-refractivity contribution in [1.29, 1.82) is 0 Å². The summed E-state index contributed by atoms with van der Waals surface area (Å²) in [5, 5.41) is 2.94. The molecule has 0 atom stereocenters. The van der Waals surface area contributed by atoms with Crippen molar-refractivity contribution in [2.45, 2.75) is 30.8 Å². The zero-order valence-corrected chi connectivity index (χ0v) is 16.2. The van der Waals surface area contributed by atoms with Gasteiger partial charge in [0.2, 0.25) is 5.91 Å². The first-order valence-corrected chi connectivity index (χ1v) is 10.0. The predicted octanol–water partition coefficient (Wildman–Crippen LogP) is 4.20. The highest BCUT2D eigenvalue weighted by atomic mass is 32.2. The van der Waals surface area contributed by atoms with E-state index in [0.717, 1.165) is 42.3 Å². The number of carbonyl (C=O) groups excluding carboxylic acids is 1. The number of benzene rings is 2. The molecule has 3 rings (SSSR count). The lowest BCUT2D eigenvalue weighted by Gasteiger charge is -2.29. The highest BCUT2D eigenvalue weighted by Gasteiger charge is 2.17. The Morgan fingerprint density at radius 2 is 1.77 bits per heavy atom. The van der Waals surface area contributed by atoms with Crippen LogP contribution in [0.4, 0.5) is 5.69 Å². The van der Waals surface area contributed by atoms with Crippen LogP contribution in [0.5, 0.6) is 5.75 Å². The number of thioether (sulfide) groups is 1. The number of likely N-dealkylation sites (tertiary alicyclic amines) is 1. The molecule has 0 radical (unpaired) electrons. The van der Waals surface area contributed by atoms with Crippen LogP contribution in [0.1, 0.15) is 18.4 Å². The molecule has 0 saturated carbocycles. The lowest BCUT2D eigenvalue weighted by atomic mass is 10.1. The summed E-state index contributed by atoms with van der Waals surface area (Å²) < 4.78 is 6.04. The standard InChI is InChI=1S/C21H26N2O2S/c1-16-3-9-20(10-4-16)26-15-21(24)22-17-5-7-18(8-6-17)25-19-11-13-23(2)14-12-19/h3-10,19H,11-15H2,1-2H3,(H,22,24). The van der Waals surface area contributed by atoms with Crippen LogP contribution in [0.2, 0.25) is 0 Å². The Labute approximate surface area is 159 Å². The molecule has 2 aromatic carbocycles. The SMILES string of the molecule is Cc1ccc(SCC(=O)Nc2ccc(OC3CCN(C)CC3)cc2)cc1. The van der Waals surface area contributed by atoms with Gasteiger partial charge in [0.15, 0.2) is 0 Å². The number of nitrogens with one attached hydrogen (secondary N) is 1. The molecule has 0 aromatic heterocycles. The summed E-state index contributed by atoms with van der Waals surface area (Å²) in [6.45, 7) is 4.22. The van der Waals surface area contributed by atoms with E-state index in [1.807, 2.05) is 36.4 Å². The molecule has 0 aliphatic carbocycles. The Morgan fingerprint density at radius 3 is 2.42 bits per heavy atom. The quantitative estimate of drug-likeness (QED) is 0.774. The molecular weight excluding hydrogens is 344 g/mol. The minimum absolute atomic E-state index is 0.000406. The molecule has 1 heterocycles. The Morgan fingerprint density at radius 1 is 1.12 bits per heavy atom. The second kappa shape index (κ2) is 9.10. The van der Waals surface area contributed by atoms with Gasteiger partial charge in [0.25, 0.3) is 0 Å². The molecule has 1 amide bonds. The van der Waals surface area contributed by atoms with Gasteiger partial charge in [0, 0.05) is 23.7 Å². The van der Waals surface area contributed by atoms with Gasteiger partial charge in [-0.05, 0) is 63.2 Å². The number of rotatable bonds is 6. The van der Waals surface area contributed by atoms with Gasteiger partial charge in [-0.25, -0.2) is 0 Å². The van der Waals surface area contributed by atoms with Crippen LogP contribution in [-0.4, -0.2) is 42.8 Å². The van der Waals surface area contributed by atoms with Crippen molar-refractivity contribution in [3.8, 4) is 5.75 Å². The number of hydrogen-bond donors (Lipinski definition) is 1. The second-order valence-corrected chi connectivity index (χ2v) is 7.84. The molecule has 0 bridgehead atoms. The Hall–Kier alpha value is -1.98. The van der Waals surface area contributed by atoms with Gasteiger partial charge in [-0.15, -0.1) is 11.8 Å². The second-order valence-electron chi connectivity index (χ2n) is 6.79. The Kier molecular flexibility index (Phi) is 6.58. The topological polar surface area (TPSA) is 41.6 Å². The normalized spacial score (nSPS) is 15.6. The van der Waals surface area contributed by atoms with E-state index >= 15 is 0 Å². The summed E-state index contributed by atoms with van der Waals surface area (Å²) in [6, 6.07) is 15.9. The average molecular weight is 371 g/mol.